The van der Waals surface area contributed by atoms with Crippen molar-refractivity contribution in [3.8, 4) is 0 Å². The summed E-state index contributed by atoms with van der Waals surface area (Å²) < 4.78 is 0. The van der Waals surface area contributed by atoms with Crippen LogP contribution in [0, 0.1) is 0 Å². The van der Waals surface area contributed by atoms with E-state index < -0.39 is 5.97 Å². The highest BCUT2D eigenvalue weighted by Crippen LogP contribution is 2.13. The van der Waals surface area contributed by atoms with E-state index in [-0.39, 0.29) is 5.91 Å². The molecule has 1 aliphatic rings. The normalized spacial score (nSPS) is 13.3. The van der Waals surface area contributed by atoms with Gasteiger partial charge in [-0.05, 0) is 19.0 Å². The van der Waals surface area contributed by atoms with Crippen LogP contribution in [-0.4, -0.2) is 28.4 Å². The topological polar surface area (TPSA) is 57.6 Å². The van der Waals surface area contributed by atoms with Gasteiger partial charge in [-0.1, -0.05) is 103 Å². The predicted octanol–water partition coefficient (Wildman–Crippen LogP) is 7.08. The third-order valence-corrected chi connectivity index (χ3v) is 5.32. The quantitative estimate of drug-likeness (QED) is 0.268. The number of hydrogen-bond acceptors (Lipinski definition) is 2. The van der Waals surface area contributed by atoms with Crippen LogP contribution in [0.1, 0.15) is 122 Å². The first kappa shape index (κ1) is 26.7. The number of aliphatic carboxylic acids is 1. The van der Waals surface area contributed by atoms with Gasteiger partial charge in [-0.15, -0.1) is 0 Å². The maximum atomic E-state index is 10.7. The van der Waals surface area contributed by atoms with Crippen molar-refractivity contribution in [2.24, 2.45) is 0 Å². The van der Waals surface area contributed by atoms with Crippen LogP contribution < -0.4 is 0 Å². The van der Waals surface area contributed by atoms with Gasteiger partial charge in [-0.2, -0.15) is 0 Å². The summed E-state index contributed by atoms with van der Waals surface area (Å²) in [4.78, 5) is 22.6. The Balaban J connectivity index is 0.000000749. The van der Waals surface area contributed by atoms with Gasteiger partial charge in [0.15, 0.2) is 0 Å². The van der Waals surface area contributed by atoms with Gasteiger partial charge in [0.25, 0.3) is 0 Å². The molecule has 1 saturated heterocycles. The average Bonchev–Trinajstić information content (AvgIpc) is 3.10. The molecule has 0 radical (unpaired) electrons. The molecular formula is C24H45NO3. The molecule has 1 amide bonds. The summed E-state index contributed by atoms with van der Waals surface area (Å²) in [6, 6.07) is 0. The second-order valence-corrected chi connectivity index (χ2v) is 7.97. The second-order valence-electron chi connectivity index (χ2n) is 7.97. The Morgan fingerprint density at radius 2 is 1.32 bits per heavy atom. The average molecular weight is 396 g/mol. The Morgan fingerprint density at radius 3 is 1.61 bits per heavy atom. The molecule has 164 valence electrons. The van der Waals surface area contributed by atoms with Crippen molar-refractivity contribution >= 4 is 11.9 Å². The summed E-state index contributed by atoms with van der Waals surface area (Å²) in [7, 11) is 0. The molecule has 0 bridgehead atoms. The van der Waals surface area contributed by atoms with Gasteiger partial charge in [0.1, 0.15) is 0 Å². The van der Waals surface area contributed by atoms with Crippen molar-refractivity contribution < 1.29 is 14.7 Å². The lowest BCUT2D eigenvalue weighted by Gasteiger charge is -2.05. The van der Waals surface area contributed by atoms with Crippen LogP contribution in [0.2, 0.25) is 0 Å². The number of amides is 1. The molecule has 1 fully saturated rings. The third kappa shape index (κ3) is 18.1. The number of carbonyl (C=O) groups excluding carboxylic acids is 1. The first-order chi connectivity index (χ1) is 13.6. The van der Waals surface area contributed by atoms with E-state index in [1.54, 1.807) is 11.1 Å². The lowest BCUT2D eigenvalue weighted by Crippen LogP contribution is -2.16. The van der Waals surface area contributed by atoms with Crippen LogP contribution in [0.25, 0.3) is 0 Å². The van der Waals surface area contributed by atoms with Crippen LogP contribution in [0.3, 0.4) is 0 Å². The molecule has 0 aromatic rings. The zero-order valence-corrected chi connectivity index (χ0v) is 18.4. The van der Waals surface area contributed by atoms with E-state index in [4.69, 9.17) is 5.11 Å². The van der Waals surface area contributed by atoms with Crippen LogP contribution in [0.5, 0.6) is 0 Å². The Morgan fingerprint density at radius 1 is 0.893 bits per heavy atom. The fourth-order valence-corrected chi connectivity index (χ4v) is 3.51. The molecule has 0 aromatic carbocycles. The number of unbranched alkanes of at least 4 members (excludes halogenated alkanes) is 14. The van der Waals surface area contributed by atoms with Crippen molar-refractivity contribution in [3.05, 3.63) is 12.8 Å². The molecule has 28 heavy (non-hydrogen) atoms. The molecule has 4 heteroatoms. The number of rotatable bonds is 17. The number of nitrogens with zero attached hydrogens (tertiary/aromatic N) is 1. The molecule has 1 rings (SSSR count). The van der Waals surface area contributed by atoms with Gasteiger partial charge in [0, 0.05) is 19.4 Å². The Bertz CT molecular complexity index is 395. The van der Waals surface area contributed by atoms with Crippen molar-refractivity contribution in [1.29, 1.82) is 0 Å². The fraction of sp³-hybridized carbons (Fsp3) is 0.833. The molecule has 1 heterocycles. The molecule has 4 nitrogen and oxygen atoms in total. The number of likely N-dealkylation sites (tertiary alicyclic amines) is 1. The van der Waals surface area contributed by atoms with Gasteiger partial charge in [-0.3, -0.25) is 9.59 Å². The van der Waals surface area contributed by atoms with E-state index in [0.717, 1.165) is 25.8 Å². The van der Waals surface area contributed by atoms with Crippen molar-refractivity contribution in [3.63, 3.8) is 0 Å². The van der Waals surface area contributed by atoms with E-state index in [9.17, 15) is 9.59 Å². The number of hydrogen-bond donors (Lipinski definition) is 1. The Kier molecular flexibility index (Phi) is 19.5. The SMILES string of the molecule is C=CN1CCCC1=O.CCCCCCCCCCCCCCCCCC(=O)O. The lowest BCUT2D eigenvalue weighted by molar-refractivity contribution is -0.137. The van der Waals surface area contributed by atoms with Crippen LogP contribution >= 0.6 is 0 Å². The van der Waals surface area contributed by atoms with E-state index in [1.165, 1.54) is 83.5 Å². The van der Waals surface area contributed by atoms with Crippen molar-refractivity contribution in [2.45, 2.75) is 122 Å². The van der Waals surface area contributed by atoms with Gasteiger partial charge >= 0.3 is 5.97 Å². The first-order valence-corrected chi connectivity index (χ1v) is 11.8. The minimum atomic E-state index is -0.653. The highest BCUT2D eigenvalue weighted by molar-refractivity contribution is 5.78. The Hall–Kier alpha value is -1.32. The standard InChI is InChI=1S/C18H36O2.C6H9NO/c1-2-3-4-5-6-7-8-9-10-11-12-13-14-15-16-17-18(19)20;1-2-7-5-3-4-6(7)8/h2-17H2,1H3,(H,19,20);2H,1,3-5H2. The van der Waals surface area contributed by atoms with Crippen LogP contribution in [0.15, 0.2) is 12.8 Å². The molecule has 0 aromatic heterocycles. The summed E-state index contributed by atoms with van der Waals surface area (Å²) in [6.07, 6.45) is 23.5. The fourth-order valence-electron chi connectivity index (χ4n) is 3.51. The molecule has 0 atom stereocenters. The number of carboxylic acids is 1. The van der Waals surface area contributed by atoms with Crippen molar-refractivity contribution in [2.75, 3.05) is 6.54 Å². The van der Waals surface area contributed by atoms with Gasteiger partial charge < -0.3 is 10.0 Å². The molecule has 0 aliphatic carbocycles. The molecule has 0 spiro atoms. The second kappa shape index (κ2) is 20.4. The lowest BCUT2D eigenvalue weighted by atomic mass is 10.0. The van der Waals surface area contributed by atoms with Gasteiger partial charge in [-0.25, -0.2) is 0 Å². The van der Waals surface area contributed by atoms with E-state index >= 15 is 0 Å². The van der Waals surface area contributed by atoms with Crippen LogP contribution in [-0.2, 0) is 9.59 Å². The molecular weight excluding hydrogens is 350 g/mol. The smallest absolute Gasteiger partial charge is 0.303 e. The summed E-state index contributed by atoms with van der Waals surface area (Å²) in [5, 5.41) is 8.52. The molecule has 0 unspecified atom stereocenters. The highest BCUT2D eigenvalue weighted by Gasteiger charge is 2.16. The highest BCUT2D eigenvalue weighted by atomic mass is 16.4. The first-order valence-electron chi connectivity index (χ1n) is 11.8. The summed E-state index contributed by atoms with van der Waals surface area (Å²) in [5.74, 6) is -0.445. The summed E-state index contributed by atoms with van der Waals surface area (Å²) in [5.41, 5.74) is 0. The minimum Gasteiger partial charge on any atom is -0.481 e. The maximum Gasteiger partial charge on any atom is 0.303 e. The van der Waals surface area contributed by atoms with Gasteiger partial charge in [0.2, 0.25) is 5.91 Å². The maximum absolute atomic E-state index is 10.7. The largest absolute Gasteiger partial charge is 0.481 e. The van der Waals surface area contributed by atoms with Gasteiger partial charge in [0.05, 0.1) is 0 Å². The summed E-state index contributed by atoms with van der Waals surface area (Å²) in [6.45, 7) is 6.63. The molecule has 1 aliphatic heterocycles. The molecule has 1 N–H and O–H groups in total. The number of carbonyl (C=O) groups is 2. The van der Waals surface area contributed by atoms with E-state index in [0.29, 0.717) is 12.8 Å². The number of carboxylic acid groups (broad SMARTS) is 1. The zero-order chi connectivity index (χ0) is 20.9. The van der Waals surface area contributed by atoms with E-state index in [1.807, 2.05) is 0 Å². The minimum absolute atomic E-state index is 0.208. The predicted molar refractivity (Wildman–Crippen MR) is 118 cm³/mol. The monoisotopic (exact) mass is 395 g/mol. The zero-order valence-electron chi connectivity index (χ0n) is 18.4. The third-order valence-electron chi connectivity index (χ3n) is 5.32. The summed E-state index contributed by atoms with van der Waals surface area (Å²) >= 11 is 0. The van der Waals surface area contributed by atoms with Crippen molar-refractivity contribution in [1.82, 2.24) is 4.90 Å². The van der Waals surface area contributed by atoms with Crippen LogP contribution in [0.4, 0.5) is 0 Å². The van der Waals surface area contributed by atoms with E-state index in [2.05, 4.69) is 13.5 Å². The Labute approximate surface area is 173 Å². The molecule has 0 saturated carbocycles.